The number of morpholine rings is 1. The Hall–Kier alpha value is -1.28. The standard InChI is InChI=1S/C23H32ClN3O3S/c24-19-8-6-17(7-9-19)22(29)27-20(16-31-23(27)18-4-2-1-3-5-18)21(28)25-10-11-26-12-14-30-15-13-26/h6-9,18,20,23H,1-5,10-16H2,(H,25,28). The normalized spacial score (nSPS) is 25.5. The maximum absolute atomic E-state index is 13.5. The van der Waals surface area contributed by atoms with Crippen molar-refractivity contribution in [1.29, 1.82) is 0 Å². The minimum atomic E-state index is -0.426. The molecule has 8 heteroatoms. The summed E-state index contributed by atoms with van der Waals surface area (Å²) in [5.41, 5.74) is 0.596. The van der Waals surface area contributed by atoms with Gasteiger partial charge in [-0.1, -0.05) is 30.9 Å². The second-order valence-electron chi connectivity index (χ2n) is 8.60. The fourth-order valence-electron chi connectivity index (χ4n) is 4.79. The van der Waals surface area contributed by atoms with Gasteiger partial charge in [-0.05, 0) is 43.0 Å². The van der Waals surface area contributed by atoms with Crippen LogP contribution in [0.5, 0.6) is 0 Å². The van der Waals surface area contributed by atoms with Crippen LogP contribution in [0.2, 0.25) is 5.02 Å². The Bertz CT molecular complexity index is 751. The van der Waals surface area contributed by atoms with Crippen molar-refractivity contribution in [3.63, 3.8) is 0 Å². The minimum absolute atomic E-state index is 0.0404. The van der Waals surface area contributed by atoms with Crippen molar-refractivity contribution in [2.45, 2.75) is 43.5 Å². The molecule has 1 saturated carbocycles. The van der Waals surface area contributed by atoms with Crippen LogP contribution in [0.3, 0.4) is 0 Å². The summed E-state index contributed by atoms with van der Waals surface area (Å²) in [6, 6.07) is 6.58. The molecule has 31 heavy (non-hydrogen) atoms. The molecular formula is C23H32ClN3O3S. The van der Waals surface area contributed by atoms with Gasteiger partial charge in [0, 0.05) is 42.5 Å². The third-order valence-electron chi connectivity index (χ3n) is 6.55. The smallest absolute Gasteiger partial charge is 0.255 e. The highest BCUT2D eigenvalue weighted by Gasteiger charge is 2.45. The molecule has 2 amide bonds. The molecule has 2 saturated heterocycles. The molecule has 1 aromatic carbocycles. The molecule has 4 rings (SSSR count). The summed E-state index contributed by atoms with van der Waals surface area (Å²) in [4.78, 5) is 30.8. The van der Waals surface area contributed by atoms with E-state index in [1.807, 2.05) is 4.90 Å². The van der Waals surface area contributed by atoms with E-state index in [9.17, 15) is 9.59 Å². The van der Waals surface area contributed by atoms with Gasteiger partial charge < -0.3 is 15.0 Å². The number of rotatable bonds is 6. The van der Waals surface area contributed by atoms with Crippen LogP contribution < -0.4 is 5.32 Å². The summed E-state index contributed by atoms with van der Waals surface area (Å²) in [5, 5.41) is 3.76. The Morgan fingerprint density at radius 1 is 1.10 bits per heavy atom. The van der Waals surface area contributed by atoms with E-state index in [2.05, 4.69) is 10.2 Å². The monoisotopic (exact) mass is 465 g/mol. The average Bonchev–Trinajstić information content (AvgIpc) is 3.26. The van der Waals surface area contributed by atoms with Crippen LogP contribution in [0.25, 0.3) is 0 Å². The lowest BCUT2D eigenvalue weighted by Crippen LogP contribution is -2.52. The first kappa shape index (κ1) is 22.9. The molecule has 2 unspecified atom stereocenters. The fraction of sp³-hybridized carbons (Fsp3) is 0.652. The van der Waals surface area contributed by atoms with E-state index >= 15 is 0 Å². The highest BCUT2D eigenvalue weighted by atomic mass is 35.5. The van der Waals surface area contributed by atoms with Crippen LogP contribution >= 0.6 is 23.4 Å². The predicted octanol–water partition coefficient (Wildman–Crippen LogP) is 3.25. The molecule has 2 heterocycles. The van der Waals surface area contributed by atoms with Crippen molar-refractivity contribution < 1.29 is 14.3 Å². The Morgan fingerprint density at radius 2 is 1.81 bits per heavy atom. The summed E-state index contributed by atoms with van der Waals surface area (Å²) >= 11 is 7.79. The number of amides is 2. The molecular weight excluding hydrogens is 434 g/mol. The maximum atomic E-state index is 13.5. The summed E-state index contributed by atoms with van der Waals surface area (Å²) in [5.74, 6) is 1.01. The van der Waals surface area contributed by atoms with Crippen molar-refractivity contribution in [3.05, 3.63) is 34.9 Å². The first-order valence-electron chi connectivity index (χ1n) is 11.4. The maximum Gasteiger partial charge on any atom is 0.255 e. The van der Waals surface area contributed by atoms with Gasteiger partial charge in [-0.25, -0.2) is 0 Å². The van der Waals surface area contributed by atoms with E-state index in [0.29, 0.717) is 28.8 Å². The lowest BCUT2D eigenvalue weighted by molar-refractivity contribution is -0.125. The lowest BCUT2D eigenvalue weighted by Gasteiger charge is -2.35. The summed E-state index contributed by atoms with van der Waals surface area (Å²) in [6.45, 7) is 4.71. The molecule has 2 aliphatic heterocycles. The number of hydrogen-bond acceptors (Lipinski definition) is 5. The van der Waals surface area contributed by atoms with Crippen LogP contribution in [0.15, 0.2) is 24.3 Å². The number of carbonyl (C=O) groups is 2. The number of nitrogens with zero attached hydrogens (tertiary/aromatic N) is 2. The number of ether oxygens (including phenoxy) is 1. The van der Waals surface area contributed by atoms with Gasteiger partial charge in [0.05, 0.1) is 18.6 Å². The Morgan fingerprint density at radius 3 is 2.52 bits per heavy atom. The van der Waals surface area contributed by atoms with E-state index in [-0.39, 0.29) is 17.2 Å². The largest absolute Gasteiger partial charge is 0.379 e. The highest BCUT2D eigenvalue weighted by Crippen LogP contribution is 2.41. The van der Waals surface area contributed by atoms with Gasteiger partial charge in [0.1, 0.15) is 6.04 Å². The second kappa shape index (κ2) is 11.0. The zero-order chi connectivity index (χ0) is 21.6. The minimum Gasteiger partial charge on any atom is -0.379 e. The number of nitrogens with one attached hydrogen (secondary N) is 1. The number of halogens is 1. The summed E-state index contributed by atoms with van der Waals surface area (Å²) < 4.78 is 5.38. The molecule has 170 valence electrons. The van der Waals surface area contributed by atoms with E-state index in [4.69, 9.17) is 16.3 Å². The van der Waals surface area contributed by atoms with Gasteiger partial charge in [0.15, 0.2) is 0 Å². The number of thioether (sulfide) groups is 1. The highest BCUT2D eigenvalue weighted by molar-refractivity contribution is 8.00. The molecule has 0 radical (unpaired) electrons. The van der Waals surface area contributed by atoms with Gasteiger partial charge in [-0.3, -0.25) is 14.5 Å². The van der Waals surface area contributed by atoms with Gasteiger partial charge in [-0.15, -0.1) is 11.8 Å². The van der Waals surface area contributed by atoms with Crippen LogP contribution in [0.1, 0.15) is 42.5 Å². The SMILES string of the molecule is O=C(NCCN1CCOCC1)C1CSC(C2CCCCC2)N1C(=O)c1ccc(Cl)cc1. The average molecular weight is 466 g/mol. The number of hydrogen-bond donors (Lipinski definition) is 1. The molecule has 3 fully saturated rings. The summed E-state index contributed by atoms with van der Waals surface area (Å²) in [6.07, 6.45) is 5.95. The van der Waals surface area contributed by atoms with Crippen LogP contribution in [-0.4, -0.2) is 78.2 Å². The van der Waals surface area contributed by atoms with E-state index in [1.54, 1.807) is 36.0 Å². The van der Waals surface area contributed by atoms with Crippen LogP contribution in [-0.2, 0) is 9.53 Å². The molecule has 0 spiro atoms. The molecule has 2 atom stereocenters. The zero-order valence-electron chi connectivity index (χ0n) is 17.9. The first-order valence-corrected chi connectivity index (χ1v) is 12.8. The number of carbonyl (C=O) groups excluding carboxylic acids is 2. The van der Waals surface area contributed by atoms with Crippen molar-refractivity contribution in [1.82, 2.24) is 15.1 Å². The topological polar surface area (TPSA) is 61.9 Å². The molecule has 6 nitrogen and oxygen atoms in total. The van der Waals surface area contributed by atoms with Gasteiger partial charge in [0.25, 0.3) is 5.91 Å². The molecule has 1 N–H and O–H groups in total. The van der Waals surface area contributed by atoms with Crippen molar-refractivity contribution >= 4 is 35.2 Å². The third-order valence-corrected chi connectivity index (χ3v) is 8.26. The fourth-order valence-corrected chi connectivity index (χ4v) is 6.56. The third kappa shape index (κ3) is 5.75. The van der Waals surface area contributed by atoms with Crippen LogP contribution in [0.4, 0.5) is 0 Å². The van der Waals surface area contributed by atoms with E-state index in [1.165, 1.54) is 19.3 Å². The van der Waals surface area contributed by atoms with Gasteiger partial charge >= 0.3 is 0 Å². The van der Waals surface area contributed by atoms with Crippen molar-refractivity contribution in [2.24, 2.45) is 5.92 Å². The Kier molecular flexibility index (Phi) is 8.15. The first-order chi connectivity index (χ1) is 15.1. The molecule has 0 bridgehead atoms. The van der Waals surface area contributed by atoms with Crippen molar-refractivity contribution in [2.75, 3.05) is 45.1 Å². The lowest BCUT2D eigenvalue weighted by atomic mass is 9.88. The number of benzene rings is 1. The Labute approximate surface area is 194 Å². The van der Waals surface area contributed by atoms with Gasteiger partial charge in [0.2, 0.25) is 5.91 Å². The molecule has 3 aliphatic rings. The quantitative estimate of drug-likeness (QED) is 0.698. The molecule has 1 aromatic rings. The Balaban J connectivity index is 1.44. The molecule has 1 aliphatic carbocycles. The van der Waals surface area contributed by atoms with Gasteiger partial charge in [-0.2, -0.15) is 0 Å². The predicted molar refractivity (Wildman–Crippen MR) is 124 cm³/mol. The van der Waals surface area contributed by atoms with Crippen LogP contribution in [0, 0.1) is 5.92 Å². The van der Waals surface area contributed by atoms with E-state index < -0.39 is 6.04 Å². The van der Waals surface area contributed by atoms with E-state index in [0.717, 1.165) is 45.7 Å². The summed E-state index contributed by atoms with van der Waals surface area (Å²) in [7, 11) is 0. The van der Waals surface area contributed by atoms with Crippen molar-refractivity contribution in [3.8, 4) is 0 Å². The molecule has 0 aromatic heterocycles. The zero-order valence-corrected chi connectivity index (χ0v) is 19.5. The second-order valence-corrected chi connectivity index (χ2v) is 10.2.